The summed E-state index contributed by atoms with van der Waals surface area (Å²) in [5, 5.41) is 2.29. The van der Waals surface area contributed by atoms with E-state index in [-0.39, 0.29) is 5.92 Å². The molecule has 0 saturated carbocycles. The Hall–Kier alpha value is -2.26. The van der Waals surface area contributed by atoms with Crippen molar-refractivity contribution in [3.05, 3.63) is 83.4 Å². The molecule has 3 aromatic rings. The molecule has 1 unspecified atom stereocenters. The number of rotatable bonds is 4. The van der Waals surface area contributed by atoms with Gasteiger partial charge in [0.25, 0.3) is 0 Å². The van der Waals surface area contributed by atoms with Crippen molar-refractivity contribution in [2.75, 3.05) is 6.54 Å². The van der Waals surface area contributed by atoms with Gasteiger partial charge >= 0.3 is 0 Å². The summed E-state index contributed by atoms with van der Waals surface area (Å²) in [6.07, 6.45) is 0.625. The van der Waals surface area contributed by atoms with Crippen molar-refractivity contribution < 1.29 is 8.78 Å². The molecule has 1 atom stereocenters. The van der Waals surface area contributed by atoms with Crippen molar-refractivity contribution in [3.63, 3.8) is 0 Å². The first-order valence-corrected chi connectivity index (χ1v) is 7.30. The van der Waals surface area contributed by atoms with E-state index in [4.69, 9.17) is 5.73 Å². The second-order valence-corrected chi connectivity index (χ2v) is 5.44. The Balaban J connectivity index is 1.98. The lowest BCUT2D eigenvalue weighted by atomic mass is 9.89. The van der Waals surface area contributed by atoms with Crippen molar-refractivity contribution in [3.8, 4) is 0 Å². The molecule has 3 heteroatoms. The highest BCUT2D eigenvalue weighted by atomic mass is 19.1. The minimum absolute atomic E-state index is 0.175. The van der Waals surface area contributed by atoms with Crippen molar-refractivity contribution in [2.45, 2.75) is 12.3 Å². The maximum atomic E-state index is 14.0. The third-order valence-corrected chi connectivity index (χ3v) is 4.03. The Kier molecular flexibility index (Phi) is 4.16. The van der Waals surface area contributed by atoms with Crippen molar-refractivity contribution in [2.24, 2.45) is 5.73 Å². The van der Waals surface area contributed by atoms with Crippen molar-refractivity contribution in [1.82, 2.24) is 0 Å². The minimum Gasteiger partial charge on any atom is -0.330 e. The van der Waals surface area contributed by atoms with E-state index in [0.717, 1.165) is 22.4 Å². The fourth-order valence-electron chi connectivity index (χ4n) is 2.89. The predicted octanol–water partition coefficient (Wildman–Crippen LogP) is 4.40. The Labute approximate surface area is 128 Å². The molecule has 0 aliphatic carbocycles. The van der Waals surface area contributed by atoms with Gasteiger partial charge in [-0.1, -0.05) is 48.5 Å². The molecule has 112 valence electrons. The third-order valence-electron chi connectivity index (χ3n) is 4.03. The first-order valence-electron chi connectivity index (χ1n) is 7.30. The van der Waals surface area contributed by atoms with E-state index in [1.807, 2.05) is 24.3 Å². The molecule has 0 spiro atoms. The fourth-order valence-corrected chi connectivity index (χ4v) is 2.89. The predicted molar refractivity (Wildman–Crippen MR) is 85.8 cm³/mol. The molecular weight excluding hydrogens is 280 g/mol. The third kappa shape index (κ3) is 2.85. The smallest absolute Gasteiger partial charge is 0.129 e. The number of benzene rings is 3. The van der Waals surface area contributed by atoms with Crippen LogP contribution in [-0.2, 0) is 6.42 Å². The van der Waals surface area contributed by atoms with Crippen LogP contribution in [0.4, 0.5) is 8.78 Å². The molecule has 0 fully saturated rings. The van der Waals surface area contributed by atoms with E-state index >= 15 is 0 Å². The van der Waals surface area contributed by atoms with E-state index < -0.39 is 11.6 Å². The van der Waals surface area contributed by atoms with Crippen LogP contribution in [0.15, 0.2) is 60.7 Å². The van der Waals surface area contributed by atoms with Crippen LogP contribution in [0.1, 0.15) is 17.0 Å². The van der Waals surface area contributed by atoms with Gasteiger partial charge in [0.1, 0.15) is 11.6 Å². The summed E-state index contributed by atoms with van der Waals surface area (Å²) in [6.45, 7) is 0.311. The zero-order valence-electron chi connectivity index (χ0n) is 12.1. The highest BCUT2D eigenvalue weighted by Gasteiger charge is 2.16. The zero-order valence-corrected chi connectivity index (χ0v) is 12.1. The summed E-state index contributed by atoms with van der Waals surface area (Å²) in [7, 11) is 0. The number of nitrogens with two attached hydrogens (primary N) is 1. The van der Waals surface area contributed by atoms with Crippen LogP contribution >= 0.6 is 0 Å². The highest BCUT2D eigenvalue weighted by Crippen LogP contribution is 2.27. The maximum absolute atomic E-state index is 14.0. The molecule has 0 saturated heterocycles. The lowest BCUT2D eigenvalue weighted by Gasteiger charge is -2.17. The number of hydrogen-bond donors (Lipinski definition) is 1. The molecule has 3 aromatic carbocycles. The number of halogens is 2. The monoisotopic (exact) mass is 297 g/mol. The van der Waals surface area contributed by atoms with E-state index in [9.17, 15) is 8.78 Å². The van der Waals surface area contributed by atoms with Gasteiger partial charge in [0.05, 0.1) is 0 Å². The van der Waals surface area contributed by atoms with Gasteiger partial charge in [-0.15, -0.1) is 0 Å². The van der Waals surface area contributed by atoms with Crippen LogP contribution in [0, 0.1) is 11.6 Å². The summed E-state index contributed by atoms with van der Waals surface area (Å²) in [5.74, 6) is -1.27. The van der Waals surface area contributed by atoms with Crippen LogP contribution in [0.3, 0.4) is 0 Å². The first-order chi connectivity index (χ1) is 10.7. The van der Waals surface area contributed by atoms with E-state index in [1.165, 1.54) is 12.1 Å². The lowest BCUT2D eigenvalue weighted by Crippen LogP contribution is -2.16. The average molecular weight is 297 g/mol. The highest BCUT2D eigenvalue weighted by molar-refractivity contribution is 5.85. The quantitative estimate of drug-likeness (QED) is 0.758. The van der Waals surface area contributed by atoms with Gasteiger partial charge in [0.15, 0.2) is 0 Å². The standard InChI is InChI=1S/C19H17F2N/c20-16-8-9-18(19(21)11-16)15(12-22)10-14-6-3-5-13-4-1-2-7-17(13)14/h1-9,11,15H,10,12,22H2. The lowest BCUT2D eigenvalue weighted by molar-refractivity contribution is 0.551. The van der Waals surface area contributed by atoms with Crippen molar-refractivity contribution in [1.29, 1.82) is 0 Å². The molecule has 0 aromatic heterocycles. The van der Waals surface area contributed by atoms with Gasteiger partial charge in [0, 0.05) is 12.0 Å². The van der Waals surface area contributed by atoms with Gasteiger partial charge in [0.2, 0.25) is 0 Å². The van der Waals surface area contributed by atoms with Crippen LogP contribution in [0.2, 0.25) is 0 Å². The summed E-state index contributed by atoms with van der Waals surface area (Å²) in [6, 6.07) is 17.9. The van der Waals surface area contributed by atoms with Gasteiger partial charge < -0.3 is 5.73 Å². The van der Waals surface area contributed by atoms with E-state index in [1.54, 1.807) is 0 Å². The molecule has 2 N–H and O–H groups in total. The number of hydrogen-bond acceptors (Lipinski definition) is 1. The molecule has 0 bridgehead atoms. The molecule has 0 radical (unpaired) electrons. The largest absolute Gasteiger partial charge is 0.330 e. The first kappa shape index (κ1) is 14.7. The molecule has 22 heavy (non-hydrogen) atoms. The van der Waals surface area contributed by atoms with E-state index in [2.05, 4.69) is 18.2 Å². The normalized spacial score (nSPS) is 12.5. The maximum Gasteiger partial charge on any atom is 0.129 e. The number of fused-ring (bicyclic) bond motifs is 1. The zero-order chi connectivity index (χ0) is 15.5. The summed E-state index contributed by atoms with van der Waals surface area (Å²) < 4.78 is 27.1. The Morgan fingerprint density at radius 1 is 0.909 bits per heavy atom. The fraction of sp³-hybridized carbons (Fsp3) is 0.158. The minimum atomic E-state index is -0.567. The molecule has 0 amide bonds. The van der Waals surface area contributed by atoms with Gasteiger partial charge in [-0.2, -0.15) is 0 Å². The molecule has 3 rings (SSSR count). The van der Waals surface area contributed by atoms with Crippen LogP contribution in [0.5, 0.6) is 0 Å². The topological polar surface area (TPSA) is 26.0 Å². The van der Waals surface area contributed by atoms with Crippen LogP contribution in [0.25, 0.3) is 10.8 Å². The average Bonchev–Trinajstić information content (AvgIpc) is 2.53. The second kappa shape index (κ2) is 6.24. The van der Waals surface area contributed by atoms with Crippen molar-refractivity contribution >= 4 is 10.8 Å². The molecule has 0 heterocycles. The van der Waals surface area contributed by atoms with Gasteiger partial charge in [-0.25, -0.2) is 8.78 Å². The Morgan fingerprint density at radius 2 is 1.68 bits per heavy atom. The van der Waals surface area contributed by atoms with E-state index in [0.29, 0.717) is 18.5 Å². The van der Waals surface area contributed by atoms with Gasteiger partial charge in [-0.05, 0) is 40.9 Å². The SMILES string of the molecule is NCC(Cc1cccc2ccccc12)c1ccc(F)cc1F. The summed E-state index contributed by atoms with van der Waals surface area (Å²) in [4.78, 5) is 0. The Morgan fingerprint density at radius 3 is 2.45 bits per heavy atom. The van der Waals surface area contributed by atoms with Crippen LogP contribution < -0.4 is 5.73 Å². The Bertz CT molecular complexity index is 793. The molecule has 0 aliphatic heterocycles. The summed E-state index contributed by atoms with van der Waals surface area (Å²) >= 11 is 0. The second-order valence-electron chi connectivity index (χ2n) is 5.44. The van der Waals surface area contributed by atoms with Gasteiger partial charge in [-0.3, -0.25) is 0 Å². The van der Waals surface area contributed by atoms with Crippen LogP contribution in [-0.4, -0.2) is 6.54 Å². The molecule has 1 nitrogen and oxygen atoms in total. The summed E-state index contributed by atoms with van der Waals surface area (Å²) in [5.41, 5.74) is 7.43. The molecular formula is C19H17F2N. The molecule has 0 aliphatic rings.